The molecule has 2 nitrogen and oxygen atoms in total. The Morgan fingerprint density at radius 3 is 2.85 bits per heavy atom. The summed E-state index contributed by atoms with van der Waals surface area (Å²) < 4.78 is 2.28. The summed E-state index contributed by atoms with van der Waals surface area (Å²) in [5.74, 6) is 3.42. The van der Waals surface area contributed by atoms with Gasteiger partial charge in [-0.2, -0.15) is 0 Å². The van der Waals surface area contributed by atoms with Crippen molar-refractivity contribution in [2.75, 3.05) is 13.1 Å². The van der Waals surface area contributed by atoms with Crippen molar-refractivity contribution in [2.45, 2.75) is 33.2 Å². The summed E-state index contributed by atoms with van der Waals surface area (Å²) in [7, 11) is 0. The van der Waals surface area contributed by atoms with Gasteiger partial charge in [-0.1, -0.05) is 32.0 Å². The smallest absolute Gasteiger partial charge is 0.0483 e. The van der Waals surface area contributed by atoms with Gasteiger partial charge in [-0.05, 0) is 37.1 Å². The molecule has 0 radical (unpaired) electrons. The molecule has 0 bridgehead atoms. The van der Waals surface area contributed by atoms with Crippen LogP contribution in [0.4, 0.5) is 0 Å². The Kier molecular flexibility index (Phi) is 5.26. The molecule has 2 rings (SSSR count). The van der Waals surface area contributed by atoms with Crippen molar-refractivity contribution in [3.63, 3.8) is 0 Å². The number of terminal acetylenes is 1. The molecule has 1 aromatic heterocycles. The van der Waals surface area contributed by atoms with Crippen LogP contribution in [0.3, 0.4) is 0 Å². The van der Waals surface area contributed by atoms with Crippen LogP contribution < -0.4 is 5.32 Å². The maximum atomic E-state index is 5.38. The fourth-order valence-electron chi connectivity index (χ4n) is 2.51. The predicted molar refractivity (Wildman–Crippen MR) is 86.8 cm³/mol. The number of nitrogens with zero attached hydrogens (tertiary/aromatic N) is 1. The Labute approximate surface area is 122 Å². The van der Waals surface area contributed by atoms with Crippen LogP contribution in [-0.2, 0) is 13.0 Å². The van der Waals surface area contributed by atoms with Crippen LogP contribution in [0.2, 0.25) is 0 Å². The van der Waals surface area contributed by atoms with Crippen LogP contribution in [0.1, 0.15) is 25.8 Å². The average Bonchev–Trinajstić information content (AvgIpc) is 2.80. The highest BCUT2D eigenvalue weighted by atomic mass is 15.0. The van der Waals surface area contributed by atoms with Gasteiger partial charge in [0, 0.05) is 30.1 Å². The Morgan fingerprint density at radius 2 is 2.10 bits per heavy atom. The Bertz CT molecular complexity index is 587. The molecule has 0 aliphatic carbocycles. The first-order valence-corrected chi connectivity index (χ1v) is 7.43. The van der Waals surface area contributed by atoms with Crippen LogP contribution in [0.15, 0.2) is 30.5 Å². The van der Waals surface area contributed by atoms with Crippen molar-refractivity contribution in [3.8, 4) is 12.3 Å². The Morgan fingerprint density at radius 1 is 1.30 bits per heavy atom. The standard InChI is InChI=1S/C18H24N2/c1-4-5-12-20-14-16(10-11-19-13-15(2)3)17-8-6-7-9-18(17)20/h1,6-9,14-15,19H,5,10-13H2,2-3H3. The number of aryl methyl sites for hydroxylation is 1. The minimum Gasteiger partial charge on any atom is -0.346 e. The van der Waals surface area contributed by atoms with E-state index in [9.17, 15) is 0 Å². The van der Waals surface area contributed by atoms with Gasteiger partial charge in [-0.3, -0.25) is 0 Å². The van der Waals surface area contributed by atoms with Crippen LogP contribution in [0.25, 0.3) is 10.9 Å². The first-order valence-electron chi connectivity index (χ1n) is 7.43. The minimum atomic E-state index is 0.701. The monoisotopic (exact) mass is 268 g/mol. The first-order chi connectivity index (χ1) is 9.72. The third-order valence-corrected chi connectivity index (χ3v) is 3.49. The van der Waals surface area contributed by atoms with Gasteiger partial charge in [0.25, 0.3) is 0 Å². The molecule has 0 aliphatic rings. The number of benzene rings is 1. The Balaban J connectivity index is 2.10. The highest BCUT2D eigenvalue weighted by molar-refractivity contribution is 5.84. The molecule has 106 valence electrons. The fraction of sp³-hybridized carbons (Fsp3) is 0.444. The number of para-hydroxylation sites is 1. The van der Waals surface area contributed by atoms with Crippen molar-refractivity contribution in [1.82, 2.24) is 9.88 Å². The van der Waals surface area contributed by atoms with Crippen molar-refractivity contribution in [3.05, 3.63) is 36.0 Å². The van der Waals surface area contributed by atoms with Gasteiger partial charge in [0.15, 0.2) is 0 Å². The van der Waals surface area contributed by atoms with Gasteiger partial charge in [-0.25, -0.2) is 0 Å². The molecular formula is C18H24N2. The number of rotatable bonds is 7. The lowest BCUT2D eigenvalue weighted by atomic mass is 10.1. The number of fused-ring (bicyclic) bond motifs is 1. The van der Waals surface area contributed by atoms with E-state index in [-0.39, 0.29) is 0 Å². The third-order valence-electron chi connectivity index (χ3n) is 3.49. The molecule has 1 aromatic carbocycles. The lowest BCUT2D eigenvalue weighted by Gasteiger charge is -2.06. The molecule has 1 N–H and O–H groups in total. The highest BCUT2D eigenvalue weighted by Crippen LogP contribution is 2.21. The number of nitrogens with one attached hydrogen (secondary N) is 1. The summed E-state index contributed by atoms with van der Waals surface area (Å²) in [5, 5.41) is 4.87. The molecule has 0 aliphatic heterocycles. The summed E-state index contributed by atoms with van der Waals surface area (Å²) in [4.78, 5) is 0. The van der Waals surface area contributed by atoms with E-state index in [0.29, 0.717) is 5.92 Å². The molecule has 20 heavy (non-hydrogen) atoms. The molecule has 0 saturated heterocycles. The van der Waals surface area contributed by atoms with E-state index >= 15 is 0 Å². The van der Waals surface area contributed by atoms with Gasteiger partial charge in [-0.15, -0.1) is 12.3 Å². The summed E-state index contributed by atoms with van der Waals surface area (Å²) >= 11 is 0. The summed E-state index contributed by atoms with van der Waals surface area (Å²) in [6, 6.07) is 8.59. The summed E-state index contributed by atoms with van der Waals surface area (Å²) in [6.45, 7) is 7.48. The maximum absolute atomic E-state index is 5.38. The third kappa shape index (κ3) is 3.65. The van der Waals surface area contributed by atoms with Crippen molar-refractivity contribution in [1.29, 1.82) is 0 Å². The number of hydrogen-bond acceptors (Lipinski definition) is 1. The number of hydrogen-bond donors (Lipinski definition) is 1. The molecule has 0 amide bonds. The maximum Gasteiger partial charge on any atom is 0.0483 e. The van der Waals surface area contributed by atoms with Crippen LogP contribution in [-0.4, -0.2) is 17.7 Å². The largest absolute Gasteiger partial charge is 0.346 e. The minimum absolute atomic E-state index is 0.701. The molecule has 0 spiro atoms. The van der Waals surface area contributed by atoms with E-state index in [4.69, 9.17) is 6.42 Å². The molecule has 0 fully saturated rings. The first kappa shape index (κ1) is 14.7. The second-order valence-electron chi connectivity index (χ2n) is 5.67. The van der Waals surface area contributed by atoms with Crippen molar-refractivity contribution in [2.24, 2.45) is 5.92 Å². The molecule has 0 unspecified atom stereocenters. The highest BCUT2D eigenvalue weighted by Gasteiger charge is 2.07. The van der Waals surface area contributed by atoms with Gasteiger partial charge >= 0.3 is 0 Å². The van der Waals surface area contributed by atoms with E-state index in [1.807, 2.05) is 0 Å². The zero-order valence-electron chi connectivity index (χ0n) is 12.5. The zero-order valence-corrected chi connectivity index (χ0v) is 12.5. The predicted octanol–water partition coefficient (Wildman–Crippen LogP) is 3.45. The zero-order chi connectivity index (χ0) is 14.4. The van der Waals surface area contributed by atoms with E-state index < -0.39 is 0 Å². The van der Waals surface area contributed by atoms with Crippen LogP contribution in [0, 0.1) is 18.3 Å². The molecule has 0 atom stereocenters. The second kappa shape index (κ2) is 7.17. The second-order valence-corrected chi connectivity index (χ2v) is 5.67. The van der Waals surface area contributed by atoms with Crippen LogP contribution >= 0.6 is 0 Å². The molecule has 0 saturated carbocycles. The van der Waals surface area contributed by atoms with Gasteiger partial charge < -0.3 is 9.88 Å². The normalized spacial score (nSPS) is 11.1. The number of aromatic nitrogens is 1. The van der Waals surface area contributed by atoms with E-state index in [1.165, 1.54) is 16.5 Å². The lowest BCUT2D eigenvalue weighted by Crippen LogP contribution is -2.22. The van der Waals surface area contributed by atoms with Gasteiger partial charge in [0.2, 0.25) is 0 Å². The topological polar surface area (TPSA) is 17.0 Å². The average molecular weight is 268 g/mol. The van der Waals surface area contributed by atoms with Crippen molar-refractivity contribution >= 4 is 10.9 Å². The quantitative estimate of drug-likeness (QED) is 0.601. The summed E-state index contributed by atoms with van der Waals surface area (Å²) in [5.41, 5.74) is 2.70. The lowest BCUT2D eigenvalue weighted by molar-refractivity contribution is 0.554. The SMILES string of the molecule is C#CCCn1cc(CCNCC(C)C)c2ccccc21. The van der Waals surface area contributed by atoms with Crippen molar-refractivity contribution < 1.29 is 0 Å². The van der Waals surface area contributed by atoms with E-state index in [1.54, 1.807) is 0 Å². The molecule has 1 heterocycles. The van der Waals surface area contributed by atoms with Crippen LogP contribution in [0.5, 0.6) is 0 Å². The van der Waals surface area contributed by atoms with E-state index in [2.05, 4.69) is 60.1 Å². The van der Waals surface area contributed by atoms with Gasteiger partial charge in [0.05, 0.1) is 0 Å². The fourth-order valence-corrected chi connectivity index (χ4v) is 2.51. The molecule has 2 aromatic rings. The molecule has 2 heteroatoms. The molecular weight excluding hydrogens is 244 g/mol. The Hall–Kier alpha value is -1.72. The summed E-state index contributed by atoms with van der Waals surface area (Å²) in [6.07, 6.45) is 9.49. The van der Waals surface area contributed by atoms with E-state index in [0.717, 1.165) is 32.5 Å². The van der Waals surface area contributed by atoms with Gasteiger partial charge in [0.1, 0.15) is 0 Å².